The van der Waals surface area contributed by atoms with Gasteiger partial charge < -0.3 is 4.74 Å². The van der Waals surface area contributed by atoms with Crippen molar-refractivity contribution >= 4 is 17.3 Å². The molecule has 0 unspecified atom stereocenters. The zero-order chi connectivity index (χ0) is 8.97. The fourth-order valence-electron chi connectivity index (χ4n) is 0.859. The molecule has 0 atom stereocenters. The molecule has 66 valence electrons. The van der Waals surface area contributed by atoms with Crippen molar-refractivity contribution in [2.24, 2.45) is 0 Å². The molecule has 0 saturated carbocycles. The van der Waals surface area contributed by atoms with Crippen molar-refractivity contribution < 1.29 is 9.57 Å². The summed E-state index contributed by atoms with van der Waals surface area (Å²) < 4.78 is 5.05. The Morgan fingerprint density at radius 1 is 1.33 bits per heavy atom. The van der Waals surface area contributed by atoms with Gasteiger partial charge in [0.2, 0.25) is 0 Å². The lowest BCUT2D eigenvalue weighted by Crippen LogP contribution is -1.98. The number of rotatable bonds is 3. The molecule has 1 rings (SSSR count). The molecule has 3 nitrogen and oxygen atoms in total. The third kappa shape index (κ3) is 2.03. The van der Waals surface area contributed by atoms with E-state index in [4.69, 9.17) is 21.2 Å². The largest absolute Gasteiger partial charge is 0.494 e. The first kappa shape index (κ1) is 9.16. The summed E-state index contributed by atoms with van der Waals surface area (Å²) in [5.74, 6) is 0.657. The van der Waals surface area contributed by atoms with E-state index < -0.39 is 0 Å². The van der Waals surface area contributed by atoms with Crippen LogP contribution in [0.25, 0.3) is 0 Å². The summed E-state index contributed by atoms with van der Waals surface area (Å²) in [5.41, 5.74) is 3.42. The molecule has 0 spiro atoms. The highest BCUT2D eigenvalue weighted by molar-refractivity contribution is 6.30. The number of benzene rings is 1. The number of nitrogens with one attached hydrogen (secondary N) is 1. The van der Waals surface area contributed by atoms with Gasteiger partial charge in [0, 0.05) is 11.1 Å². The van der Waals surface area contributed by atoms with Crippen molar-refractivity contribution in [1.82, 2.24) is 0 Å². The SMILES string of the molecule is CONc1ccc(Cl)cc1OC. The molecular formula is C8H10ClNO2. The van der Waals surface area contributed by atoms with Gasteiger partial charge in [-0.05, 0) is 12.1 Å². The lowest BCUT2D eigenvalue weighted by Gasteiger charge is -2.08. The minimum absolute atomic E-state index is 0.633. The van der Waals surface area contributed by atoms with Gasteiger partial charge in [0.1, 0.15) is 11.4 Å². The molecule has 12 heavy (non-hydrogen) atoms. The fourth-order valence-corrected chi connectivity index (χ4v) is 1.02. The summed E-state index contributed by atoms with van der Waals surface area (Å²) in [4.78, 5) is 4.74. The molecule has 0 heterocycles. The molecule has 4 heteroatoms. The predicted octanol–water partition coefficient (Wildman–Crippen LogP) is 2.32. The van der Waals surface area contributed by atoms with E-state index in [1.807, 2.05) is 0 Å². The van der Waals surface area contributed by atoms with E-state index in [0.717, 1.165) is 5.69 Å². The lowest BCUT2D eigenvalue weighted by molar-refractivity contribution is 0.268. The van der Waals surface area contributed by atoms with Gasteiger partial charge in [0.05, 0.1) is 14.2 Å². The summed E-state index contributed by atoms with van der Waals surface area (Å²) in [5, 5.41) is 0.633. The van der Waals surface area contributed by atoms with E-state index in [1.54, 1.807) is 25.3 Å². The summed E-state index contributed by atoms with van der Waals surface area (Å²) in [6, 6.07) is 5.25. The first-order chi connectivity index (χ1) is 5.77. The average Bonchev–Trinajstić information content (AvgIpc) is 2.08. The van der Waals surface area contributed by atoms with Crippen molar-refractivity contribution in [1.29, 1.82) is 0 Å². The highest BCUT2D eigenvalue weighted by Gasteiger charge is 2.01. The quantitative estimate of drug-likeness (QED) is 0.737. The minimum Gasteiger partial charge on any atom is -0.494 e. The van der Waals surface area contributed by atoms with Crippen LogP contribution in [0.1, 0.15) is 0 Å². The molecule has 0 aromatic heterocycles. The van der Waals surface area contributed by atoms with Crippen molar-refractivity contribution in [3.8, 4) is 5.75 Å². The second-order valence-electron chi connectivity index (χ2n) is 2.15. The molecular weight excluding hydrogens is 178 g/mol. The van der Waals surface area contributed by atoms with Crippen molar-refractivity contribution in [3.63, 3.8) is 0 Å². The molecule has 0 bridgehead atoms. The number of anilines is 1. The lowest BCUT2D eigenvalue weighted by atomic mass is 10.3. The smallest absolute Gasteiger partial charge is 0.145 e. The zero-order valence-electron chi connectivity index (χ0n) is 6.93. The van der Waals surface area contributed by atoms with Gasteiger partial charge in [-0.25, -0.2) is 0 Å². The first-order valence-corrected chi connectivity index (χ1v) is 3.78. The van der Waals surface area contributed by atoms with Gasteiger partial charge in [-0.3, -0.25) is 10.3 Å². The van der Waals surface area contributed by atoms with E-state index in [-0.39, 0.29) is 0 Å². The van der Waals surface area contributed by atoms with Crippen LogP contribution in [0.4, 0.5) is 5.69 Å². The predicted molar refractivity (Wildman–Crippen MR) is 48.6 cm³/mol. The van der Waals surface area contributed by atoms with E-state index in [9.17, 15) is 0 Å². The summed E-state index contributed by atoms with van der Waals surface area (Å²) in [6.45, 7) is 0. The summed E-state index contributed by atoms with van der Waals surface area (Å²) in [7, 11) is 3.11. The van der Waals surface area contributed by atoms with Crippen LogP contribution in [-0.2, 0) is 4.84 Å². The Kier molecular flexibility index (Phi) is 3.19. The molecule has 0 aliphatic carbocycles. The second kappa shape index (κ2) is 4.18. The first-order valence-electron chi connectivity index (χ1n) is 3.40. The highest BCUT2D eigenvalue weighted by atomic mass is 35.5. The maximum absolute atomic E-state index is 5.75. The van der Waals surface area contributed by atoms with Crippen LogP contribution in [0.3, 0.4) is 0 Å². The monoisotopic (exact) mass is 187 g/mol. The maximum Gasteiger partial charge on any atom is 0.145 e. The fraction of sp³-hybridized carbons (Fsp3) is 0.250. The summed E-state index contributed by atoms with van der Waals surface area (Å²) in [6.07, 6.45) is 0. The topological polar surface area (TPSA) is 30.5 Å². The van der Waals surface area contributed by atoms with Crippen LogP contribution in [0, 0.1) is 0 Å². The molecule has 1 N–H and O–H groups in total. The molecule has 0 fully saturated rings. The Hall–Kier alpha value is -0.930. The van der Waals surface area contributed by atoms with Crippen LogP contribution in [-0.4, -0.2) is 14.2 Å². The van der Waals surface area contributed by atoms with E-state index in [1.165, 1.54) is 7.11 Å². The van der Waals surface area contributed by atoms with Crippen molar-refractivity contribution in [3.05, 3.63) is 23.2 Å². The Balaban J connectivity index is 2.94. The van der Waals surface area contributed by atoms with Crippen molar-refractivity contribution in [2.75, 3.05) is 19.7 Å². The Bertz CT molecular complexity index is 265. The Morgan fingerprint density at radius 3 is 2.67 bits per heavy atom. The minimum atomic E-state index is 0.633. The Labute approximate surface area is 76.2 Å². The van der Waals surface area contributed by atoms with Gasteiger partial charge in [-0.1, -0.05) is 11.6 Å². The zero-order valence-corrected chi connectivity index (χ0v) is 7.68. The van der Waals surface area contributed by atoms with Gasteiger partial charge in [0.25, 0.3) is 0 Å². The van der Waals surface area contributed by atoms with Crippen LogP contribution in [0.15, 0.2) is 18.2 Å². The molecule has 0 aliphatic heterocycles. The molecule has 0 aliphatic rings. The van der Waals surface area contributed by atoms with Gasteiger partial charge in [0.15, 0.2) is 0 Å². The van der Waals surface area contributed by atoms with E-state index in [0.29, 0.717) is 10.8 Å². The van der Waals surface area contributed by atoms with Gasteiger partial charge in [-0.15, -0.1) is 0 Å². The maximum atomic E-state index is 5.75. The van der Waals surface area contributed by atoms with Crippen LogP contribution in [0.5, 0.6) is 5.75 Å². The van der Waals surface area contributed by atoms with Gasteiger partial charge in [-0.2, -0.15) is 0 Å². The number of hydrogen-bond donors (Lipinski definition) is 1. The average molecular weight is 188 g/mol. The molecule has 0 amide bonds. The second-order valence-corrected chi connectivity index (χ2v) is 2.59. The molecule has 1 aromatic carbocycles. The van der Waals surface area contributed by atoms with Crippen LogP contribution >= 0.6 is 11.6 Å². The van der Waals surface area contributed by atoms with E-state index >= 15 is 0 Å². The molecule has 0 saturated heterocycles. The Morgan fingerprint density at radius 2 is 2.08 bits per heavy atom. The van der Waals surface area contributed by atoms with Crippen molar-refractivity contribution in [2.45, 2.75) is 0 Å². The third-order valence-corrected chi connectivity index (χ3v) is 1.61. The molecule has 1 aromatic rings. The molecule has 0 radical (unpaired) electrons. The number of ether oxygens (including phenoxy) is 1. The third-order valence-electron chi connectivity index (χ3n) is 1.38. The van der Waals surface area contributed by atoms with Crippen LogP contribution in [0.2, 0.25) is 5.02 Å². The number of methoxy groups -OCH3 is 1. The number of halogens is 1. The summed E-state index contributed by atoms with van der Waals surface area (Å²) >= 11 is 5.75. The highest BCUT2D eigenvalue weighted by Crippen LogP contribution is 2.27. The van der Waals surface area contributed by atoms with Gasteiger partial charge >= 0.3 is 0 Å². The van der Waals surface area contributed by atoms with E-state index in [2.05, 4.69) is 5.48 Å². The van der Waals surface area contributed by atoms with Crippen LogP contribution < -0.4 is 10.2 Å². The normalized spacial score (nSPS) is 9.58. The standard InChI is InChI=1S/C8H10ClNO2/c1-11-8-5-6(9)3-4-7(8)10-12-2/h3-5,10H,1-2H3. The number of hydrogen-bond acceptors (Lipinski definition) is 3.